The molecule has 0 amide bonds. The highest BCUT2D eigenvalue weighted by Crippen LogP contribution is 2.28. The van der Waals surface area contributed by atoms with Gasteiger partial charge in [0.2, 0.25) is 4.77 Å². The number of halogens is 1. The van der Waals surface area contributed by atoms with Gasteiger partial charge in [-0.1, -0.05) is 29.8 Å². The van der Waals surface area contributed by atoms with Crippen molar-refractivity contribution in [3.63, 3.8) is 0 Å². The number of aromatic nitrogens is 3. The van der Waals surface area contributed by atoms with Gasteiger partial charge in [0.25, 0.3) is 5.89 Å². The Balaban J connectivity index is 1.93. The summed E-state index contributed by atoms with van der Waals surface area (Å²) in [4.78, 5) is 11.3. The van der Waals surface area contributed by atoms with Crippen LogP contribution in [-0.4, -0.2) is 15.0 Å². The van der Waals surface area contributed by atoms with Crippen molar-refractivity contribution >= 4 is 34.9 Å². The van der Waals surface area contributed by atoms with Crippen molar-refractivity contribution in [2.24, 2.45) is 0 Å². The number of nitrogens with zero attached hydrogens (tertiary/aromatic N) is 2. The summed E-state index contributed by atoms with van der Waals surface area (Å²) in [7, 11) is 0. The van der Waals surface area contributed by atoms with E-state index in [2.05, 4.69) is 15.0 Å². The summed E-state index contributed by atoms with van der Waals surface area (Å²) in [6.07, 6.45) is 0. The Hall–Kier alpha value is -2.24. The summed E-state index contributed by atoms with van der Waals surface area (Å²) < 4.78 is 6.03. The van der Waals surface area contributed by atoms with E-state index in [1.807, 2.05) is 42.5 Å². The lowest BCUT2D eigenvalue weighted by molar-refractivity contribution is 0.596. The fourth-order valence-corrected chi connectivity index (χ4v) is 2.52. The third kappa shape index (κ3) is 2.20. The molecule has 6 heteroatoms. The van der Waals surface area contributed by atoms with Crippen LogP contribution in [0.4, 0.5) is 0 Å². The van der Waals surface area contributed by atoms with Crippen LogP contribution in [0.3, 0.4) is 0 Å². The molecular weight excluding hydrogens is 306 g/mol. The first-order valence-corrected chi connectivity index (χ1v) is 7.04. The predicted octanol–water partition coefficient (Wildman–Crippen LogP) is 4.71. The summed E-state index contributed by atoms with van der Waals surface area (Å²) in [6.45, 7) is 0. The van der Waals surface area contributed by atoms with Crippen molar-refractivity contribution in [2.75, 3.05) is 0 Å². The summed E-state index contributed by atoms with van der Waals surface area (Å²) in [5.41, 5.74) is 3.64. The van der Waals surface area contributed by atoms with Gasteiger partial charge < -0.3 is 9.40 Å². The van der Waals surface area contributed by atoms with E-state index >= 15 is 0 Å². The second-order valence-electron chi connectivity index (χ2n) is 4.60. The van der Waals surface area contributed by atoms with Crippen molar-refractivity contribution in [3.8, 4) is 22.8 Å². The molecule has 102 valence electrons. The maximum Gasteiger partial charge on any atom is 0.266 e. The van der Waals surface area contributed by atoms with E-state index < -0.39 is 0 Å². The van der Waals surface area contributed by atoms with Crippen LogP contribution in [0.15, 0.2) is 46.9 Å². The van der Waals surface area contributed by atoms with Gasteiger partial charge in [-0.15, -0.1) is 0 Å². The van der Waals surface area contributed by atoms with Gasteiger partial charge in [0.1, 0.15) is 0 Å². The van der Waals surface area contributed by atoms with E-state index in [-0.39, 0.29) is 4.77 Å². The van der Waals surface area contributed by atoms with E-state index in [4.69, 9.17) is 28.2 Å². The first-order valence-electron chi connectivity index (χ1n) is 6.26. The molecule has 4 rings (SSSR count). The Bertz CT molecular complexity index is 974. The van der Waals surface area contributed by atoms with Crippen molar-refractivity contribution in [1.29, 1.82) is 0 Å². The van der Waals surface area contributed by atoms with Gasteiger partial charge in [-0.3, -0.25) is 0 Å². The highest BCUT2D eigenvalue weighted by Gasteiger charge is 2.12. The highest BCUT2D eigenvalue weighted by molar-refractivity contribution is 7.71. The molecule has 2 aliphatic heterocycles. The molecular formula is C15H8ClN3OS. The number of hydrogen-bond acceptors (Lipinski definition) is 4. The SMILES string of the molecule is S=c1nc2[nH]c3ccc(-c4ccc(Cl)cc4)cc3oc-2n1. The first kappa shape index (κ1) is 12.5. The molecule has 2 heterocycles. The number of nitrogens with one attached hydrogen (secondary N) is 1. The topological polar surface area (TPSA) is 54.7 Å². The van der Waals surface area contributed by atoms with Crippen molar-refractivity contribution in [1.82, 2.24) is 15.0 Å². The summed E-state index contributed by atoms with van der Waals surface area (Å²) in [6, 6.07) is 13.6. The van der Waals surface area contributed by atoms with Crippen LogP contribution in [0.5, 0.6) is 0 Å². The minimum Gasteiger partial charge on any atom is -0.434 e. The summed E-state index contributed by atoms with van der Waals surface area (Å²) in [5.74, 6) is 0.979. The molecule has 0 fully saturated rings. The van der Waals surface area contributed by atoms with Gasteiger partial charge in [-0.2, -0.15) is 9.97 Å². The van der Waals surface area contributed by atoms with Gasteiger partial charge in [0, 0.05) is 5.02 Å². The number of fused-ring (bicyclic) bond motifs is 2. The van der Waals surface area contributed by atoms with Gasteiger partial charge in [0.15, 0.2) is 11.4 Å². The molecule has 0 radical (unpaired) electrons. The fraction of sp³-hybridized carbons (Fsp3) is 0. The molecule has 1 N–H and O–H groups in total. The smallest absolute Gasteiger partial charge is 0.266 e. The van der Waals surface area contributed by atoms with Crippen molar-refractivity contribution in [2.45, 2.75) is 0 Å². The van der Waals surface area contributed by atoms with Crippen LogP contribution >= 0.6 is 23.8 Å². The van der Waals surface area contributed by atoms with Crippen LogP contribution in [0.25, 0.3) is 33.9 Å². The van der Waals surface area contributed by atoms with E-state index in [9.17, 15) is 0 Å². The first-order chi connectivity index (χ1) is 10.2. The molecule has 0 aliphatic carbocycles. The standard InChI is InChI=1S/C15H8ClN3OS/c16-10-4-1-8(2-5-10)9-3-6-11-12(7-9)20-14-13(17-11)18-15(21)19-14/h1-7H,(H,17,18,21). The Kier molecular flexibility index (Phi) is 2.77. The van der Waals surface area contributed by atoms with Crippen LogP contribution < -0.4 is 0 Å². The number of rotatable bonds is 1. The average Bonchev–Trinajstić information content (AvgIpc) is 2.84. The predicted molar refractivity (Wildman–Crippen MR) is 84.1 cm³/mol. The van der Waals surface area contributed by atoms with Gasteiger partial charge in [-0.05, 0) is 47.6 Å². The maximum atomic E-state index is 5.91. The third-order valence-electron chi connectivity index (χ3n) is 3.23. The third-order valence-corrected chi connectivity index (χ3v) is 3.66. The quantitative estimate of drug-likeness (QED) is 0.517. The maximum absolute atomic E-state index is 5.91. The lowest BCUT2D eigenvalue weighted by atomic mass is 10.1. The Morgan fingerprint density at radius 3 is 2.57 bits per heavy atom. The van der Waals surface area contributed by atoms with Crippen LogP contribution in [0.2, 0.25) is 5.02 Å². The molecule has 0 aromatic heterocycles. The molecule has 0 unspecified atom stereocenters. The second-order valence-corrected chi connectivity index (χ2v) is 5.41. The van der Waals surface area contributed by atoms with Crippen molar-refractivity contribution < 1.29 is 4.42 Å². The molecule has 0 atom stereocenters. The highest BCUT2D eigenvalue weighted by atomic mass is 35.5. The molecule has 0 saturated heterocycles. The minimum absolute atomic E-state index is 0.276. The van der Waals surface area contributed by atoms with E-state index in [0.717, 1.165) is 16.6 Å². The van der Waals surface area contributed by atoms with E-state index in [1.54, 1.807) is 0 Å². The summed E-state index contributed by atoms with van der Waals surface area (Å²) in [5, 5.41) is 0.712. The molecule has 0 bridgehead atoms. The van der Waals surface area contributed by atoms with Crippen LogP contribution in [0, 0.1) is 4.77 Å². The van der Waals surface area contributed by atoms with Crippen LogP contribution in [-0.2, 0) is 0 Å². The molecule has 0 spiro atoms. The second kappa shape index (κ2) is 4.65. The fourth-order valence-electron chi connectivity index (χ4n) is 2.22. The zero-order valence-corrected chi connectivity index (χ0v) is 12.2. The van der Waals surface area contributed by atoms with E-state index in [1.165, 1.54) is 0 Å². The lowest BCUT2D eigenvalue weighted by Crippen LogP contribution is -1.87. The zero-order valence-electron chi connectivity index (χ0n) is 10.6. The Morgan fingerprint density at radius 1 is 1.00 bits per heavy atom. The Labute approximate surface area is 129 Å². The summed E-state index contributed by atoms with van der Waals surface area (Å²) >= 11 is 10.9. The van der Waals surface area contributed by atoms with Gasteiger partial charge in [0.05, 0.1) is 5.52 Å². The zero-order chi connectivity index (χ0) is 14.4. The monoisotopic (exact) mass is 313 g/mol. The lowest BCUT2D eigenvalue weighted by Gasteiger charge is -2.05. The molecule has 21 heavy (non-hydrogen) atoms. The Morgan fingerprint density at radius 2 is 1.76 bits per heavy atom. The van der Waals surface area contributed by atoms with Gasteiger partial charge >= 0.3 is 0 Å². The number of aromatic amines is 1. The van der Waals surface area contributed by atoms with E-state index in [0.29, 0.717) is 22.3 Å². The molecule has 2 aromatic rings. The van der Waals surface area contributed by atoms with Crippen molar-refractivity contribution in [3.05, 3.63) is 52.3 Å². The van der Waals surface area contributed by atoms with Crippen LogP contribution in [0.1, 0.15) is 0 Å². The minimum atomic E-state index is 0.276. The molecule has 4 nitrogen and oxygen atoms in total. The largest absolute Gasteiger partial charge is 0.434 e. The molecule has 2 aliphatic rings. The molecule has 0 saturated carbocycles. The number of hydrogen-bond donors (Lipinski definition) is 1. The number of imidazole rings is 1. The molecule has 2 aromatic carbocycles. The average molecular weight is 314 g/mol. The normalized spacial score (nSPS) is 11.3. The number of benzene rings is 2. The number of H-pyrrole nitrogens is 1. The van der Waals surface area contributed by atoms with Gasteiger partial charge in [-0.25, -0.2) is 0 Å².